The van der Waals surface area contributed by atoms with Gasteiger partial charge in [0.05, 0.1) is 13.7 Å². The van der Waals surface area contributed by atoms with Gasteiger partial charge in [-0.25, -0.2) is 4.79 Å². The van der Waals surface area contributed by atoms with Gasteiger partial charge in [-0.2, -0.15) is 0 Å². The standard InChI is InChI=1S/C23H25N3O3S/c1-17(24-23(28)25-19-10-4-3-5-11-19)22(27)26(16-20-12-8-14-30-20)15-18-9-6-7-13-21(18)29-2/h3-14,17H,15-16H2,1-2H3,(H2,24,25,28)/t17-/m1/s1. The fourth-order valence-corrected chi connectivity index (χ4v) is 3.78. The van der Waals surface area contributed by atoms with E-state index in [4.69, 9.17) is 4.74 Å². The molecule has 2 N–H and O–H groups in total. The van der Waals surface area contributed by atoms with Gasteiger partial charge in [0.1, 0.15) is 11.8 Å². The Morgan fingerprint density at radius 3 is 2.43 bits per heavy atom. The predicted molar refractivity (Wildman–Crippen MR) is 120 cm³/mol. The number of rotatable bonds is 8. The summed E-state index contributed by atoms with van der Waals surface area (Å²) < 4.78 is 5.44. The molecule has 0 saturated heterocycles. The molecular weight excluding hydrogens is 398 g/mol. The van der Waals surface area contributed by atoms with E-state index in [2.05, 4.69) is 10.6 Å². The maximum absolute atomic E-state index is 13.2. The number of urea groups is 1. The number of para-hydroxylation sites is 2. The second-order valence-corrected chi connectivity index (χ2v) is 7.80. The molecule has 2 aromatic carbocycles. The molecule has 0 bridgehead atoms. The summed E-state index contributed by atoms with van der Waals surface area (Å²) in [4.78, 5) is 28.3. The van der Waals surface area contributed by atoms with Gasteiger partial charge in [-0.15, -0.1) is 11.3 Å². The minimum Gasteiger partial charge on any atom is -0.496 e. The van der Waals surface area contributed by atoms with Crippen LogP contribution < -0.4 is 15.4 Å². The minimum absolute atomic E-state index is 0.169. The van der Waals surface area contributed by atoms with Crippen LogP contribution in [0.1, 0.15) is 17.4 Å². The number of carbonyl (C=O) groups is 2. The van der Waals surface area contributed by atoms with E-state index in [1.165, 1.54) is 0 Å². The highest BCUT2D eigenvalue weighted by Crippen LogP contribution is 2.22. The first-order valence-electron chi connectivity index (χ1n) is 9.62. The number of ether oxygens (including phenoxy) is 1. The Labute approximate surface area is 180 Å². The van der Waals surface area contributed by atoms with Gasteiger partial charge in [0.2, 0.25) is 5.91 Å². The number of nitrogens with one attached hydrogen (secondary N) is 2. The molecule has 30 heavy (non-hydrogen) atoms. The van der Waals surface area contributed by atoms with Crippen LogP contribution >= 0.6 is 11.3 Å². The second kappa shape index (κ2) is 10.5. The first kappa shape index (κ1) is 21.4. The van der Waals surface area contributed by atoms with Crippen molar-refractivity contribution in [2.75, 3.05) is 12.4 Å². The van der Waals surface area contributed by atoms with Crippen molar-refractivity contribution in [3.05, 3.63) is 82.6 Å². The summed E-state index contributed by atoms with van der Waals surface area (Å²) in [6, 6.07) is 19.6. The zero-order valence-electron chi connectivity index (χ0n) is 17.0. The van der Waals surface area contributed by atoms with E-state index in [9.17, 15) is 9.59 Å². The highest BCUT2D eigenvalue weighted by molar-refractivity contribution is 7.09. The Morgan fingerprint density at radius 1 is 1.00 bits per heavy atom. The van der Waals surface area contributed by atoms with Gasteiger partial charge in [-0.05, 0) is 36.6 Å². The first-order valence-corrected chi connectivity index (χ1v) is 10.5. The number of hydrogen-bond acceptors (Lipinski definition) is 4. The number of methoxy groups -OCH3 is 1. The average Bonchev–Trinajstić information content (AvgIpc) is 3.27. The molecule has 0 aliphatic carbocycles. The fourth-order valence-electron chi connectivity index (χ4n) is 3.06. The molecule has 7 heteroatoms. The van der Waals surface area contributed by atoms with Gasteiger partial charge in [-0.3, -0.25) is 4.79 Å². The van der Waals surface area contributed by atoms with Crippen LogP contribution in [0.3, 0.4) is 0 Å². The first-order chi connectivity index (χ1) is 14.6. The number of hydrogen-bond donors (Lipinski definition) is 2. The van der Waals surface area contributed by atoms with Gasteiger partial charge in [-0.1, -0.05) is 42.5 Å². The average molecular weight is 424 g/mol. The van der Waals surface area contributed by atoms with Crippen LogP contribution in [-0.4, -0.2) is 30.0 Å². The molecule has 3 amide bonds. The third-order valence-electron chi connectivity index (χ3n) is 4.54. The zero-order valence-corrected chi connectivity index (χ0v) is 17.8. The number of carbonyl (C=O) groups excluding carboxylic acids is 2. The third kappa shape index (κ3) is 5.84. The maximum atomic E-state index is 13.2. The lowest BCUT2D eigenvalue weighted by molar-refractivity contribution is -0.134. The molecule has 1 atom stereocenters. The highest BCUT2D eigenvalue weighted by Gasteiger charge is 2.24. The number of anilines is 1. The summed E-state index contributed by atoms with van der Waals surface area (Å²) in [5, 5.41) is 7.46. The lowest BCUT2D eigenvalue weighted by Gasteiger charge is -2.26. The second-order valence-electron chi connectivity index (χ2n) is 6.77. The molecule has 0 fully saturated rings. The zero-order chi connectivity index (χ0) is 21.3. The van der Waals surface area contributed by atoms with Crippen LogP contribution in [0.2, 0.25) is 0 Å². The van der Waals surface area contributed by atoms with Crippen molar-refractivity contribution in [3.8, 4) is 5.75 Å². The van der Waals surface area contributed by atoms with Crippen molar-refractivity contribution in [3.63, 3.8) is 0 Å². The highest BCUT2D eigenvalue weighted by atomic mass is 32.1. The van der Waals surface area contributed by atoms with Gasteiger partial charge in [0.25, 0.3) is 0 Å². The van der Waals surface area contributed by atoms with Gasteiger partial charge >= 0.3 is 6.03 Å². The summed E-state index contributed by atoms with van der Waals surface area (Å²) >= 11 is 1.59. The Morgan fingerprint density at radius 2 is 1.73 bits per heavy atom. The lowest BCUT2D eigenvalue weighted by atomic mass is 10.1. The van der Waals surface area contributed by atoms with Crippen molar-refractivity contribution in [1.29, 1.82) is 0 Å². The van der Waals surface area contributed by atoms with Gasteiger partial charge in [0, 0.05) is 22.7 Å². The van der Waals surface area contributed by atoms with Crippen molar-refractivity contribution in [1.82, 2.24) is 10.2 Å². The van der Waals surface area contributed by atoms with Crippen LogP contribution in [0.5, 0.6) is 5.75 Å². The molecule has 3 aromatic rings. The van der Waals surface area contributed by atoms with Crippen LogP contribution in [0.15, 0.2) is 72.1 Å². The normalized spacial score (nSPS) is 11.4. The van der Waals surface area contributed by atoms with Gasteiger partial charge in [0.15, 0.2) is 0 Å². The Bertz CT molecular complexity index is 961. The monoisotopic (exact) mass is 423 g/mol. The smallest absolute Gasteiger partial charge is 0.319 e. The Kier molecular flexibility index (Phi) is 7.45. The number of amides is 3. The molecular formula is C23H25N3O3S. The molecule has 0 spiro atoms. The van der Waals surface area contributed by atoms with E-state index >= 15 is 0 Å². The Balaban J connectivity index is 1.71. The number of nitrogens with zero attached hydrogens (tertiary/aromatic N) is 1. The molecule has 0 unspecified atom stereocenters. The van der Waals surface area contributed by atoms with E-state index in [0.29, 0.717) is 18.8 Å². The van der Waals surface area contributed by atoms with Crippen LogP contribution in [0.4, 0.5) is 10.5 Å². The number of benzene rings is 2. The van der Waals surface area contributed by atoms with Crippen LogP contribution in [0.25, 0.3) is 0 Å². The summed E-state index contributed by atoms with van der Waals surface area (Å²) in [5.41, 5.74) is 1.57. The maximum Gasteiger partial charge on any atom is 0.319 e. The summed E-state index contributed by atoms with van der Waals surface area (Å²) in [7, 11) is 1.61. The SMILES string of the molecule is COc1ccccc1CN(Cc1cccs1)C(=O)[C@@H](C)NC(=O)Nc1ccccc1. The molecule has 0 aliphatic heterocycles. The van der Waals surface area contributed by atoms with Crippen molar-refractivity contribution >= 4 is 29.0 Å². The molecule has 156 valence electrons. The molecule has 0 radical (unpaired) electrons. The summed E-state index contributed by atoms with van der Waals surface area (Å²) in [5.74, 6) is 0.557. The fraction of sp³-hybridized carbons (Fsp3) is 0.217. The lowest BCUT2D eigenvalue weighted by Crippen LogP contribution is -2.47. The topological polar surface area (TPSA) is 70.7 Å². The van der Waals surface area contributed by atoms with E-state index in [-0.39, 0.29) is 5.91 Å². The van der Waals surface area contributed by atoms with Crippen molar-refractivity contribution in [2.45, 2.75) is 26.1 Å². The predicted octanol–water partition coefficient (Wildman–Crippen LogP) is 4.50. The van der Waals surface area contributed by atoms with Crippen LogP contribution in [-0.2, 0) is 17.9 Å². The quantitative estimate of drug-likeness (QED) is 0.561. The molecule has 0 saturated carbocycles. The minimum atomic E-state index is -0.691. The Hall–Kier alpha value is -3.32. The van der Waals surface area contributed by atoms with Crippen molar-refractivity contribution in [2.24, 2.45) is 0 Å². The van der Waals surface area contributed by atoms with Crippen LogP contribution in [0, 0.1) is 0 Å². The molecule has 0 aliphatic rings. The summed E-state index contributed by atoms with van der Waals surface area (Å²) in [6.07, 6.45) is 0. The molecule has 6 nitrogen and oxygen atoms in total. The van der Waals surface area contributed by atoms with E-state index in [1.807, 2.05) is 60.0 Å². The van der Waals surface area contributed by atoms with E-state index in [0.717, 1.165) is 16.2 Å². The van der Waals surface area contributed by atoms with E-state index < -0.39 is 12.1 Å². The van der Waals surface area contributed by atoms with Crippen molar-refractivity contribution < 1.29 is 14.3 Å². The largest absolute Gasteiger partial charge is 0.496 e. The van der Waals surface area contributed by atoms with E-state index in [1.54, 1.807) is 42.4 Å². The van der Waals surface area contributed by atoms with Gasteiger partial charge < -0.3 is 20.3 Å². The molecule has 1 aromatic heterocycles. The summed E-state index contributed by atoms with van der Waals surface area (Å²) in [6.45, 7) is 2.53. The number of thiophene rings is 1. The molecule has 3 rings (SSSR count). The third-order valence-corrected chi connectivity index (χ3v) is 5.40. The molecule has 1 heterocycles.